The minimum atomic E-state index is -1.08. The van der Waals surface area contributed by atoms with E-state index in [0.29, 0.717) is 37.1 Å². The number of aromatic nitrogens is 1. The van der Waals surface area contributed by atoms with Crippen molar-refractivity contribution < 1.29 is 19.8 Å². The van der Waals surface area contributed by atoms with Gasteiger partial charge in [0.2, 0.25) is 0 Å². The van der Waals surface area contributed by atoms with Gasteiger partial charge in [0.15, 0.2) is 0 Å². The summed E-state index contributed by atoms with van der Waals surface area (Å²) >= 11 is 0. The highest BCUT2D eigenvalue weighted by Gasteiger charge is 2.30. The van der Waals surface area contributed by atoms with Gasteiger partial charge in [-0.15, -0.1) is 0 Å². The predicted molar refractivity (Wildman–Crippen MR) is 76.7 cm³/mol. The number of hydrogen-bond acceptors (Lipinski definition) is 4. The first-order chi connectivity index (χ1) is 9.89. The molecule has 1 fully saturated rings. The lowest BCUT2D eigenvalue weighted by molar-refractivity contribution is -0.131. The fourth-order valence-corrected chi connectivity index (χ4v) is 2.26. The quantitative estimate of drug-likeness (QED) is 0.815. The zero-order chi connectivity index (χ0) is 15.5. The molecule has 6 nitrogen and oxygen atoms in total. The molecular formula is C15H18N2O4. The normalized spacial score (nSPS) is 17.9. The Balaban J connectivity index is 2.18. The number of likely N-dealkylation sites (tertiary alicyclic amines) is 1. The van der Waals surface area contributed by atoms with Crippen LogP contribution in [0.5, 0.6) is 0 Å². The lowest BCUT2D eigenvalue weighted by atomic mass is 9.93. The van der Waals surface area contributed by atoms with Gasteiger partial charge in [0, 0.05) is 42.7 Å². The van der Waals surface area contributed by atoms with Crippen LogP contribution in [0.3, 0.4) is 0 Å². The summed E-state index contributed by atoms with van der Waals surface area (Å²) in [6.45, 7) is 2.73. The number of carbonyl (C=O) groups excluding carboxylic acids is 1. The number of carbonyl (C=O) groups is 2. The number of aliphatic hydroxyl groups is 1. The molecule has 0 atom stereocenters. The topological polar surface area (TPSA) is 90.7 Å². The average molecular weight is 290 g/mol. The highest BCUT2D eigenvalue weighted by atomic mass is 16.4. The Bertz CT molecular complexity index is 571. The Morgan fingerprint density at radius 2 is 2.05 bits per heavy atom. The van der Waals surface area contributed by atoms with Gasteiger partial charge in [0.25, 0.3) is 5.91 Å². The number of carboxylic acid groups (broad SMARTS) is 1. The summed E-state index contributed by atoms with van der Waals surface area (Å²) < 4.78 is 0. The molecule has 0 unspecified atom stereocenters. The largest absolute Gasteiger partial charge is 0.478 e. The van der Waals surface area contributed by atoms with Crippen LogP contribution < -0.4 is 0 Å². The summed E-state index contributed by atoms with van der Waals surface area (Å²) in [4.78, 5) is 28.7. The van der Waals surface area contributed by atoms with E-state index in [1.165, 1.54) is 18.5 Å². The van der Waals surface area contributed by atoms with Crippen LogP contribution in [0.2, 0.25) is 0 Å². The third-order valence-electron chi connectivity index (χ3n) is 3.62. The van der Waals surface area contributed by atoms with Crippen molar-refractivity contribution in [1.82, 2.24) is 9.88 Å². The van der Waals surface area contributed by atoms with Gasteiger partial charge in [-0.2, -0.15) is 0 Å². The van der Waals surface area contributed by atoms with Crippen molar-refractivity contribution in [2.75, 3.05) is 13.1 Å². The second-order valence-corrected chi connectivity index (χ2v) is 5.42. The lowest BCUT2D eigenvalue weighted by Crippen LogP contribution is -2.45. The van der Waals surface area contributed by atoms with Crippen LogP contribution in [-0.4, -0.2) is 50.7 Å². The maximum Gasteiger partial charge on any atom is 0.328 e. The van der Waals surface area contributed by atoms with Crippen LogP contribution in [0.25, 0.3) is 6.08 Å². The Labute approximate surface area is 122 Å². The number of pyridine rings is 1. The van der Waals surface area contributed by atoms with Crippen molar-refractivity contribution in [3.8, 4) is 0 Å². The van der Waals surface area contributed by atoms with Gasteiger partial charge in [-0.05, 0) is 31.9 Å². The summed E-state index contributed by atoms with van der Waals surface area (Å²) in [5.41, 5.74) is 0.174. The van der Waals surface area contributed by atoms with E-state index in [4.69, 9.17) is 5.11 Å². The van der Waals surface area contributed by atoms with Gasteiger partial charge in [0.05, 0.1) is 5.60 Å². The molecular weight excluding hydrogens is 272 g/mol. The number of amides is 1. The van der Waals surface area contributed by atoms with Crippen LogP contribution in [0, 0.1) is 0 Å². The van der Waals surface area contributed by atoms with E-state index in [9.17, 15) is 14.7 Å². The maximum atomic E-state index is 12.5. The van der Waals surface area contributed by atoms with Crippen molar-refractivity contribution in [1.29, 1.82) is 0 Å². The molecule has 1 aromatic heterocycles. The summed E-state index contributed by atoms with van der Waals surface area (Å²) in [6, 6.07) is 1.58. The van der Waals surface area contributed by atoms with E-state index in [2.05, 4.69) is 4.98 Å². The molecule has 2 heterocycles. The van der Waals surface area contributed by atoms with E-state index < -0.39 is 11.6 Å². The summed E-state index contributed by atoms with van der Waals surface area (Å²) in [5.74, 6) is -1.25. The third-order valence-corrected chi connectivity index (χ3v) is 3.62. The third kappa shape index (κ3) is 3.88. The van der Waals surface area contributed by atoms with Gasteiger partial charge in [-0.25, -0.2) is 4.79 Å². The number of piperidine rings is 1. The predicted octanol–water partition coefficient (Wildman–Crippen LogP) is 1.17. The highest BCUT2D eigenvalue weighted by molar-refractivity contribution is 5.98. The first kappa shape index (κ1) is 15.2. The van der Waals surface area contributed by atoms with Crippen molar-refractivity contribution >= 4 is 18.0 Å². The number of carboxylic acids is 1. The number of rotatable bonds is 3. The molecule has 1 aliphatic heterocycles. The molecule has 1 aromatic rings. The smallest absolute Gasteiger partial charge is 0.328 e. The van der Waals surface area contributed by atoms with Crippen LogP contribution in [0.4, 0.5) is 0 Å². The number of aliphatic carboxylic acids is 1. The molecule has 6 heteroatoms. The molecule has 1 saturated heterocycles. The number of hydrogen-bond donors (Lipinski definition) is 2. The summed E-state index contributed by atoms with van der Waals surface area (Å²) in [7, 11) is 0. The van der Waals surface area contributed by atoms with Gasteiger partial charge in [-0.1, -0.05) is 0 Å². The Hall–Kier alpha value is -2.21. The molecule has 1 amide bonds. The molecule has 2 N–H and O–H groups in total. The SMILES string of the molecule is CC1(O)CCN(C(=O)c2ccncc2/C=C/C(=O)O)CC1. The minimum Gasteiger partial charge on any atom is -0.478 e. The maximum absolute atomic E-state index is 12.5. The van der Waals surface area contributed by atoms with Gasteiger partial charge >= 0.3 is 5.97 Å². The molecule has 0 aliphatic carbocycles. The first-order valence-electron chi connectivity index (χ1n) is 6.76. The van der Waals surface area contributed by atoms with Crippen LogP contribution in [0.15, 0.2) is 24.5 Å². The fraction of sp³-hybridized carbons (Fsp3) is 0.400. The van der Waals surface area contributed by atoms with Gasteiger partial charge in [-0.3, -0.25) is 9.78 Å². The van der Waals surface area contributed by atoms with Crippen molar-refractivity contribution in [3.05, 3.63) is 35.7 Å². The van der Waals surface area contributed by atoms with Crippen LogP contribution in [0.1, 0.15) is 35.7 Å². The van der Waals surface area contributed by atoms with Gasteiger partial charge in [0.1, 0.15) is 0 Å². The standard InChI is InChI=1S/C15H18N2O4/c1-15(21)5-8-17(9-6-15)14(20)12-4-7-16-10-11(12)2-3-13(18)19/h2-4,7,10,21H,5-6,8-9H2,1H3,(H,18,19)/b3-2+. The Morgan fingerprint density at radius 3 is 2.67 bits per heavy atom. The molecule has 0 bridgehead atoms. The van der Waals surface area contributed by atoms with E-state index in [1.54, 1.807) is 17.9 Å². The van der Waals surface area contributed by atoms with E-state index in [-0.39, 0.29) is 5.91 Å². The van der Waals surface area contributed by atoms with E-state index >= 15 is 0 Å². The zero-order valence-corrected chi connectivity index (χ0v) is 11.8. The second kappa shape index (κ2) is 6.05. The molecule has 2 rings (SSSR count). The monoisotopic (exact) mass is 290 g/mol. The van der Waals surface area contributed by atoms with E-state index in [0.717, 1.165) is 6.08 Å². The van der Waals surface area contributed by atoms with Gasteiger partial charge < -0.3 is 15.1 Å². The molecule has 1 aliphatic rings. The molecule has 0 spiro atoms. The van der Waals surface area contributed by atoms with Crippen LogP contribution >= 0.6 is 0 Å². The van der Waals surface area contributed by atoms with Crippen LogP contribution in [-0.2, 0) is 4.79 Å². The molecule has 0 aromatic carbocycles. The van der Waals surface area contributed by atoms with Crippen molar-refractivity contribution in [2.24, 2.45) is 0 Å². The molecule has 0 saturated carbocycles. The van der Waals surface area contributed by atoms with Crippen molar-refractivity contribution in [2.45, 2.75) is 25.4 Å². The number of nitrogens with zero attached hydrogens (tertiary/aromatic N) is 2. The zero-order valence-electron chi connectivity index (χ0n) is 11.8. The molecule has 112 valence electrons. The summed E-state index contributed by atoms with van der Waals surface area (Å²) in [6.07, 6.45) is 6.38. The second-order valence-electron chi connectivity index (χ2n) is 5.42. The summed E-state index contributed by atoms with van der Waals surface area (Å²) in [5, 5.41) is 18.6. The van der Waals surface area contributed by atoms with Crippen molar-refractivity contribution in [3.63, 3.8) is 0 Å². The molecule has 0 radical (unpaired) electrons. The molecule has 21 heavy (non-hydrogen) atoms. The lowest BCUT2D eigenvalue weighted by Gasteiger charge is -2.36. The minimum absolute atomic E-state index is 0.169. The fourth-order valence-electron chi connectivity index (χ4n) is 2.26. The average Bonchev–Trinajstić information content (AvgIpc) is 2.44. The van der Waals surface area contributed by atoms with E-state index in [1.807, 2.05) is 0 Å². The Kier molecular flexibility index (Phi) is 4.37. The first-order valence-corrected chi connectivity index (χ1v) is 6.76. The Morgan fingerprint density at radius 1 is 1.38 bits per heavy atom. The highest BCUT2D eigenvalue weighted by Crippen LogP contribution is 2.23.